The van der Waals surface area contributed by atoms with Crippen LogP contribution in [-0.2, 0) is 6.42 Å². The highest BCUT2D eigenvalue weighted by Crippen LogP contribution is 2.26. The third-order valence-corrected chi connectivity index (χ3v) is 4.04. The van der Waals surface area contributed by atoms with Crippen LogP contribution in [0.4, 0.5) is 0 Å². The summed E-state index contributed by atoms with van der Waals surface area (Å²) in [6.45, 7) is 6.15. The smallest absolute Gasteiger partial charge is 0.217 e. The third kappa shape index (κ3) is 3.13. The fourth-order valence-corrected chi connectivity index (χ4v) is 2.66. The first-order chi connectivity index (χ1) is 9.13. The van der Waals surface area contributed by atoms with Gasteiger partial charge in [0.15, 0.2) is 0 Å². The fourth-order valence-electron chi connectivity index (χ4n) is 2.02. The first-order valence-corrected chi connectivity index (χ1v) is 7.71. The molecule has 1 aromatic heterocycles. The minimum atomic E-state index is 0.276. The molecule has 0 saturated carbocycles. The van der Waals surface area contributed by atoms with Crippen molar-refractivity contribution >= 4 is 11.8 Å². The third-order valence-electron chi connectivity index (χ3n) is 3.14. The van der Waals surface area contributed by atoms with E-state index in [1.165, 1.54) is 5.56 Å². The highest BCUT2D eigenvalue weighted by Gasteiger charge is 2.14. The van der Waals surface area contributed by atoms with Crippen molar-refractivity contribution in [2.24, 2.45) is 0 Å². The summed E-state index contributed by atoms with van der Waals surface area (Å²) in [4.78, 5) is 0. The van der Waals surface area contributed by atoms with Gasteiger partial charge in [-0.2, -0.15) is 16.9 Å². The van der Waals surface area contributed by atoms with Crippen LogP contribution in [0, 0.1) is 13.8 Å². The molecule has 0 aliphatic heterocycles. The first kappa shape index (κ1) is 14.0. The molecule has 0 spiro atoms. The zero-order chi connectivity index (χ0) is 13.8. The summed E-state index contributed by atoms with van der Waals surface area (Å²) in [6, 6.07) is 8.01. The van der Waals surface area contributed by atoms with E-state index in [-0.39, 0.29) is 5.88 Å². The Morgan fingerprint density at radius 1 is 1.21 bits per heavy atom. The van der Waals surface area contributed by atoms with E-state index in [0.717, 1.165) is 34.9 Å². The number of hydrogen-bond acceptors (Lipinski definition) is 3. The van der Waals surface area contributed by atoms with Gasteiger partial charge in [0.1, 0.15) is 0 Å². The van der Waals surface area contributed by atoms with Gasteiger partial charge in [-0.05, 0) is 43.9 Å². The van der Waals surface area contributed by atoms with E-state index in [2.05, 4.69) is 12.0 Å². The lowest BCUT2D eigenvalue weighted by Gasteiger charge is -2.04. The van der Waals surface area contributed by atoms with Crippen molar-refractivity contribution in [3.8, 4) is 11.6 Å². The SMILES string of the molecule is CCSCCc1c(C)nn(-c2ccc(C)cc2)c1O. The molecule has 102 valence electrons. The summed E-state index contributed by atoms with van der Waals surface area (Å²) in [6.07, 6.45) is 0.863. The van der Waals surface area contributed by atoms with Crippen LogP contribution in [0.3, 0.4) is 0 Å². The summed E-state index contributed by atoms with van der Waals surface area (Å²) in [5.74, 6) is 2.40. The molecule has 0 bridgehead atoms. The van der Waals surface area contributed by atoms with Gasteiger partial charge >= 0.3 is 0 Å². The Labute approximate surface area is 118 Å². The van der Waals surface area contributed by atoms with E-state index >= 15 is 0 Å². The lowest BCUT2D eigenvalue weighted by Crippen LogP contribution is -1.96. The van der Waals surface area contributed by atoms with Gasteiger partial charge in [0, 0.05) is 5.56 Å². The predicted octanol–water partition coefficient (Wildman–Crippen LogP) is 3.49. The summed E-state index contributed by atoms with van der Waals surface area (Å²) in [5.41, 5.74) is 3.98. The molecule has 19 heavy (non-hydrogen) atoms. The summed E-state index contributed by atoms with van der Waals surface area (Å²) < 4.78 is 1.63. The number of hydrogen-bond donors (Lipinski definition) is 1. The van der Waals surface area contributed by atoms with E-state index in [1.54, 1.807) is 4.68 Å². The quantitative estimate of drug-likeness (QED) is 0.850. The molecule has 0 amide bonds. The minimum absolute atomic E-state index is 0.276. The number of benzene rings is 1. The fraction of sp³-hybridized carbons (Fsp3) is 0.400. The molecule has 0 unspecified atom stereocenters. The van der Waals surface area contributed by atoms with Crippen molar-refractivity contribution < 1.29 is 5.11 Å². The van der Waals surface area contributed by atoms with Gasteiger partial charge in [-0.3, -0.25) is 0 Å². The van der Waals surface area contributed by atoms with Crippen LogP contribution in [0.25, 0.3) is 5.69 Å². The lowest BCUT2D eigenvalue weighted by molar-refractivity contribution is 0.428. The van der Waals surface area contributed by atoms with E-state index in [0.29, 0.717) is 0 Å². The zero-order valence-electron chi connectivity index (χ0n) is 11.7. The van der Waals surface area contributed by atoms with Crippen LogP contribution < -0.4 is 0 Å². The van der Waals surface area contributed by atoms with Gasteiger partial charge in [0.05, 0.1) is 11.4 Å². The van der Waals surface area contributed by atoms with Crippen LogP contribution in [0.5, 0.6) is 5.88 Å². The molecular weight excluding hydrogens is 256 g/mol. The molecule has 3 nitrogen and oxygen atoms in total. The maximum atomic E-state index is 10.3. The molecule has 1 aromatic carbocycles. The van der Waals surface area contributed by atoms with Crippen molar-refractivity contribution in [2.75, 3.05) is 11.5 Å². The van der Waals surface area contributed by atoms with Gasteiger partial charge < -0.3 is 5.11 Å². The standard InChI is InChI=1S/C15H20N2OS/c1-4-19-10-9-14-12(3)16-17(15(14)18)13-7-5-11(2)6-8-13/h5-8,18H,4,9-10H2,1-3H3. The molecule has 4 heteroatoms. The van der Waals surface area contributed by atoms with Gasteiger partial charge in [0.25, 0.3) is 0 Å². The lowest BCUT2D eigenvalue weighted by atomic mass is 10.2. The van der Waals surface area contributed by atoms with Crippen LogP contribution in [0.2, 0.25) is 0 Å². The monoisotopic (exact) mass is 276 g/mol. The summed E-state index contributed by atoms with van der Waals surface area (Å²) in [5, 5.41) is 14.8. The Kier molecular flexibility index (Phi) is 4.53. The largest absolute Gasteiger partial charge is 0.493 e. The minimum Gasteiger partial charge on any atom is -0.493 e. The van der Waals surface area contributed by atoms with Crippen molar-refractivity contribution in [1.82, 2.24) is 9.78 Å². The average molecular weight is 276 g/mol. The molecule has 0 aliphatic rings. The Morgan fingerprint density at radius 3 is 2.53 bits per heavy atom. The van der Waals surface area contributed by atoms with E-state index in [1.807, 2.05) is 49.9 Å². The number of aromatic nitrogens is 2. The van der Waals surface area contributed by atoms with E-state index < -0.39 is 0 Å². The van der Waals surface area contributed by atoms with Crippen LogP contribution in [0.15, 0.2) is 24.3 Å². The summed E-state index contributed by atoms with van der Waals surface area (Å²) >= 11 is 1.88. The predicted molar refractivity (Wildman–Crippen MR) is 81.4 cm³/mol. The average Bonchev–Trinajstić information content (AvgIpc) is 2.68. The molecule has 2 rings (SSSR count). The Morgan fingerprint density at radius 2 is 1.89 bits per heavy atom. The Balaban J connectivity index is 2.27. The molecule has 0 aliphatic carbocycles. The van der Waals surface area contributed by atoms with Gasteiger partial charge in [0.2, 0.25) is 5.88 Å². The molecule has 2 aromatic rings. The second-order valence-electron chi connectivity index (χ2n) is 4.58. The normalized spacial score (nSPS) is 10.9. The number of aryl methyl sites for hydroxylation is 2. The van der Waals surface area contributed by atoms with E-state index in [9.17, 15) is 5.11 Å². The Hall–Kier alpha value is -1.42. The molecular formula is C15H20N2OS. The van der Waals surface area contributed by atoms with Crippen LogP contribution >= 0.6 is 11.8 Å². The van der Waals surface area contributed by atoms with Crippen molar-refractivity contribution in [2.45, 2.75) is 27.2 Å². The van der Waals surface area contributed by atoms with Gasteiger partial charge in [-0.15, -0.1) is 0 Å². The van der Waals surface area contributed by atoms with Crippen molar-refractivity contribution in [3.05, 3.63) is 41.1 Å². The Bertz CT molecular complexity index is 546. The molecule has 0 atom stereocenters. The second-order valence-corrected chi connectivity index (χ2v) is 5.98. The maximum absolute atomic E-state index is 10.3. The van der Waals surface area contributed by atoms with Gasteiger partial charge in [-0.25, -0.2) is 4.68 Å². The van der Waals surface area contributed by atoms with Crippen molar-refractivity contribution in [1.29, 1.82) is 0 Å². The van der Waals surface area contributed by atoms with Crippen LogP contribution in [0.1, 0.15) is 23.7 Å². The first-order valence-electron chi connectivity index (χ1n) is 6.55. The molecule has 1 heterocycles. The van der Waals surface area contributed by atoms with Gasteiger partial charge in [-0.1, -0.05) is 24.6 Å². The number of thioether (sulfide) groups is 1. The topological polar surface area (TPSA) is 38.0 Å². The molecule has 0 fully saturated rings. The number of aromatic hydroxyl groups is 1. The molecule has 0 saturated heterocycles. The number of rotatable bonds is 5. The highest BCUT2D eigenvalue weighted by molar-refractivity contribution is 7.99. The molecule has 1 N–H and O–H groups in total. The van der Waals surface area contributed by atoms with E-state index in [4.69, 9.17) is 0 Å². The summed E-state index contributed by atoms with van der Waals surface area (Å²) in [7, 11) is 0. The maximum Gasteiger partial charge on any atom is 0.217 e. The van der Waals surface area contributed by atoms with Crippen LogP contribution in [-0.4, -0.2) is 26.4 Å². The van der Waals surface area contributed by atoms with Crippen molar-refractivity contribution in [3.63, 3.8) is 0 Å². The molecule has 0 radical (unpaired) electrons. The number of nitrogens with zero attached hydrogens (tertiary/aromatic N) is 2. The second kappa shape index (κ2) is 6.15. The highest BCUT2D eigenvalue weighted by atomic mass is 32.2. The zero-order valence-corrected chi connectivity index (χ0v) is 12.5.